The lowest BCUT2D eigenvalue weighted by atomic mass is 10.1. The van der Waals surface area contributed by atoms with Gasteiger partial charge in [0.05, 0.1) is 11.3 Å². The average Bonchev–Trinajstić information content (AvgIpc) is 2.89. The maximum absolute atomic E-state index is 13.5. The van der Waals surface area contributed by atoms with Crippen molar-refractivity contribution in [3.63, 3.8) is 0 Å². The highest BCUT2D eigenvalue weighted by Crippen LogP contribution is 2.21. The summed E-state index contributed by atoms with van der Waals surface area (Å²) < 4.78 is 26.6. The first-order valence-corrected chi connectivity index (χ1v) is 5.88. The molecule has 0 bridgehead atoms. The summed E-state index contributed by atoms with van der Waals surface area (Å²) >= 11 is 0. The van der Waals surface area contributed by atoms with E-state index in [4.69, 9.17) is 0 Å². The highest BCUT2D eigenvalue weighted by Gasteiger charge is 2.18. The Labute approximate surface area is 113 Å². The van der Waals surface area contributed by atoms with Crippen LogP contribution in [0.4, 0.5) is 14.5 Å². The van der Waals surface area contributed by atoms with Crippen molar-refractivity contribution in [2.45, 2.75) is 13.0 Å². The van der Waals surface area contributed by atoms with Gasteiger partial charge in [0.1, 0.15) is 5.82 Å². The molecule has 0 fully saturated rings. The van der Waals surface area contributed by atoms with Gasteiger partial charge in [-0.05, 0) is 0 Å². The van der Waals surface area contributed by atoms with Crippen molar-refractivity contribution in [3.8, 4) is 0 Å². The Kier molecular flexibility index (Phi) is 4.36. The van der Waals surface area contributed by atoms with E-state index in [1.54, 1.807) is 12.5 Å². The summed E-state index contributed by atoms with van der Waals surface area (Å²) in [7, 11) is 0. The second kappa shape index (κ2) is 6.20. The monoisotopic (exact) mass is 282 g/mol. The number of nitrogens with one attached hydrogen (secondary N) is 2. The van der Waals surface area contributed by atoms with Crippen LogP contribution in [-0.4, -0.2) is 21.4 Å². The van der Waals surface area contributed by atoms with Gasteiger partial charge in [0.2, 0.25) is 5.82 Å². The summed E-state index contributed by atoms with van der Waals surface area (Å²) in [5.41, 5.74) is 0.252. The third-order valence-electron chi connectivity index (χ3n) is 2.75. The minimum Gasteiger partial charge on any atom is -0.348 e. The number of halogens is 2. The highest BCUT2D eigenvalue weighted by atomic mass is 19.1. The van der Waals surface area contributed by atoms with Crippen LogP contribution < -0.4 is 5.32 Å². The van der Waals surface area contributed by atoms with E-state index in [-0.39, 0.29) is 12.1 Å². The standard InChI is InChI=1S/C12H12F2N4O2/c13-10-4-11(14)12(18(19)20)3-8(10)5-15-2-1-9-6-16-7-17-9/h3-4,6-7,15H,1-2,5H2,(H,16,17). The first-order chi connectivity index (χ1) is 9.58. The number of hydrogen-bond donors (Lipinski definition) is 2. The Morgan fingerprint density at radius 3 is 2.80 bits per heavy atom. The van der Waals surface area contributed by atoms with Crippen LogP contribution in [0.1, 0.15) is 11.3 Å². The van der Waals surface area contributed by atoms with Crippen molar-refractivity contribution in [1.82, 2.24) is 15.3 Å². The van der Waals surface area contributed by atoms with Crippen LogP contribution in [0, 0.1) is 21.7 Å². The minimum absolute atomic E-state index is 0.0581. The van der Waals surface area contributed by atoms with Gasteiger partial charge >= 0.3 is 5.69 Å². The summed E-state index contributed by atoms with van der Waals surface area (Å²) in [6, 6.07) is 1.44. The second-order valence-corrected chi connectivity index (χ2v) is 4.16. The van der Waals surface area contributed by atoms with Gasteiger partial charge in [0.25, 0.3) is 0 Å². The molecule has 0 atom stereocenters. The molecule has 0 saturated carbocycles. The SMILES string of the molecule is O=[N+]([O-])c1cc(CNCCc2cnc[nH]2)c(F)cc1F. The molecule has 1 aromatic carbocycles. The van der Waals surface area contributed by atoms with Gasteiger partial charge < -0.3 is 10.3 Å². The molecule has 106 valence electrons. The third-order valence-corrected chi connectivity index (χ3v) is 2.75. The summed E-state index contributed by atoms with van der Waals surface area (Å²) in [6.45, 7) is 0.619. The van der Waals surface area contributed by atoms with Crippen molar-refractivity contribution in [2.75, 3.05) is 6.54 Å². The molecule has 2 aromatic rings. The zero-order valence-corrected chi connectivity index (χ0v) is 10.4. The number of rotatable bonds is 6. The fourth-order valence-electron chi connectivity index (χ4n) is 1.72. The van der Waals surface area contributed by atoms with Crippen molar-refractivity contribution in [1.29, 1.82) is 0 Å². The van der Waals surface area contributed by atoms with E-state index >= 15 is 0 Å². The van der Waals surface area contributed by atoms with Gasteiger partial charge in [-0.15, -0.1) is 0 Å². The number of H-pyrrole nitrogens is 1. The number of nitro groups is 1. The van der Waals surface area contributed by atoms with Crippen LogP contribution in [0.5, 0.6) is 0 Å². The van der Waals surface area contributed by atoms with Crippen molar-refractivity contribution >= 4 is 5.69 Å². The number of imidazole rings is 1. The summed E-state index contributed by atoms with van der Waals surface area (Å²) in [5.74, 6) is -1.98. The molecule has 0 aliphatic rings. The molecule has 1 heterocycles. The maximum atomic E-state index is 13.5. The van der Waals surface area contributed by atoms with Crippen molar-refractivity contribution in [2.24, 2.45) is 0 Å². The molecule has 0 aliphatic heterocycles. The van der Waals surface area contributed by atoms with Gasteiger partial charge in [-0.3, -0.25) is 10.1 Å². The van der Waals surface area contributed by atoms with E-state index in [1.165, 1.54) is 0 Å². The first kappa shape index (κ1) is 14.1. The molecular formula is C12H12F2N4O2. The molecule has 0 aliphatic carbocycles. The molecule has 20 heavy (non-hydrogen) atoms. The molecule has 0 unspecified atom stereocenters. The quantitative estimate of drug-likeness (QED) is 0.481. The highest BCUT2D eigenvalue weighted by molar-refractivity contribution is 5.37. The Morgan fingerprint density at radius 2 is 2.15 bits per heavy atom. The molecule has 2 rings (SSSR count). The van der Waals surface area contributed by atoms with Crippen LogP contribution in [0.3, 0.4) is 0 Å². The predicted octanol–water partition coefficient (Wildman–Crippen LogP) is 1.93. The smallest absolute Gasteiger partial charge is 0.305 e. The summed E-state index contributed by atoms with van der Waals surface area (Å²) in [5, 5.41) is 13.5. The van der Waals surface area contributed by atoms with Crippen LogP contribution in [0.2, 0.25) is 0 Å². The Hall–Kier alpha value is -2.35. The molecule has 1 aromatic heterocycles. The van der Waals surface area contributed by atoms with Crippen molar-refractivity contribution in [3.05, 3.63) is 57.7 Å². The molecule has 0 spiro atoms. The minimum atomic E-state index is -1.17. The number of benzene rings is 1. The normalized spacial score (nSPS) is 10.7. The lowest BCUT2D eigenvalue weighted by molar-refractivity contribution is -0.387. The molecule has 0 radical (unpaired) electrons. The molecular weight excluding hydrogens is 270 g/mol. The maximum Gasteiger partial charge on any atom is 0.305 e. The average molecular weight is 282 g/mol. The molecule has 6 nitrogen and oxygen atoms in total. The molecule has 0 amide bonds. The van der Waals surface area contributed by atoms with Gasteiger partial charge in [0.15, 0.2) is 0 Å². The van der Waals surface area contributed by atoms with E-state index in [9.17, 15) is 18.9 Å². The van der Waals surface area contributed by atoms with E-state index in [0.29, 0.717) is 19.0 Å². The zero-order valence-electron chi connectivity index (χ0n) is 10.4. The Bertz CT molecular complexity index is 602. The van der Waals surface area contributed by atoms with E-state index in [0.717, 1.165) is 11.8 Å². The van der Waals surface area contributed by atoms with E-state index < -0.39 is 22.2 Å². The third kappa shape index (κ3) is 3.35. The van der Waals surface area contributed by atoms with E-state index in [1.807, 2.05) is 0 Å². The van der Waals surface area contributed by atoms with Crippen LogP contribution >= 0.6 is 0 Å². The number of hydrogen-bond acceptors (Lipinski definition) is 4. The Balaban J connectivity index is 1.95. The number of nitrogens with zero attached hydrogens (tertiary/aromatic N) is 2. The van der Waals surface area contributed by atoms with Crippen molar-refractivity contribution < 1.29 is 13.7 Å². The largest absolute Gasteiger partial charge is 0.348 e. The van der Waals surface area contributed by atoms with E-state index in [2.05, 4.69) is 15.3 Å². The van der Waals surface area contributed by atoms with Gasteiger partial charge in [-0.1, -0.05) is 0 Å². The molecule has 2 N–H and O–H groups in total. The number of nitro benzene ring substituents is 1. The predicted molar refractivity (Wildman–Crippen MR) is 67.0 cm³/mol. The summed E-state index contributed by atoms with van der Waals surface area (Å²) in [6.07, 6.45) is 3.88. The summed E-state index contributed by atoms with van der Waals surface area (Å²) in [4.78, 5) is 16.5. The fraction of sp³-hybridized carbons (Fsp3) is 0.250. The zero-order chi connectivity index (χ0) is 14.5. The lowest BCUT2D eigenvalue weighted by Crippen LogP contribution is -2.18. The number of aromatic amines is 1. The second-order valence-electron chi connectivity index (χ2n) is 4.16. The topological polar surface area (TPSA) is 83.8 Å². The first-order valence-electron chi connectivity index (χ1n) is 5.88. The van der Waals surface area contributed by atoms with Gasteiger partial charge in [-0.25, -0.2) is 9.37 Å². The lowest BCUT2D eigenvalue weighted by Gasteiger charge is -2.06. The van der Waals surface area contributed by atoms with Crippen LogP contribution in [-0.2, 0) is 13.0 Å². The fourth-order valence-corrected chi connectivity index (χ4v) is 1.72. The molecule has 0 saturated heterocycles. The Morgan fingerprint density at radius 1 is 1.35 bits per heavy atom. The molecule has 8 heteroatoms. The van der Waals surface area contributed by atoms with Gasteiger partial charge in [-0.2, -0.15) is 4.39 Å². The number of aromatic nitrogens is 2. The van der Waals surface area contributed by atoms with Gasteiger partial charge in [0, 0.05) is 49.1 Å². The van der Waals surface area contributed by atoms with Crippen LogP contribution in [0.25, 0.3) is 0 Å². The van der Waals surface area contributed by atoms with Crippen LogP contribution in [0.15, 0.2) is 24.7 Å².